The van der Waals surface area contributed by atoms with Gasteiger partial charge in [-0.05, 0) is 61.4 Å². The topological polar surface area (TPSA) is 86.4 Å². The summed E-state index contributed by atoms with van der Waals surface area (Å²) >= 11 is 0. The number of allylic oxidation sites excluding steroid dienone is 1. The van der Waals surface area contributed by atoms with Gasteiger partial charge < -0.3 is 14.4 Å². The predicted octanol–water partition coefficient (Wildman–Crippen LogP) is 7.23. The Bertz CT molecular complexity index is 1630. The highest BCUT2D eigenvalue weighted by Gasteiger charge is 2.57. The molecule has 6 heteroatoms. The number of ether oxygens (including phenoxy) is 2. The summed E-state index contributed by atoms with van der Waals surface area (Å²) in [6.45, 7) is 4.85. The first-order valence-electron chi connectivity index (χ1n) is 14.7. The van der Waals surface area contributed by atoms with Gasteiger partial charge in [0.25, 0.3) is 0 Å². The van der Waals surface area contributed by atoms with Crippen molar-refractivity contribution in [3.63, 3.8) is 0 Å². The smallest absolute Gasteiger partial charge is 0.185 e. The molecule has 1 saturated carbocycles. The average molecular weight is 556 g/mol. The Kier molecular flexibility index (Phi) is 7.55. The quantitative estimate of drug-likeness (QED) is 0.205. The molecule has 3 aromatic carbocycles. The van der Waals surface area contributed by atoms with Crippen molar-refractivity contribution in [2.24, 2.45) is 11.8 Å². The molecule has 0 aromatic heterocycles. The van der Waals surface area contributed by atoms with Gasteiger partial charge in [-0.2, -0.15) is 10.5 Å². The fourth-order valence-corrected chi connectivity index (χ4v) is 6.89. The number of hydrogen-bond acceptors (Lipinski definition) is 6. The highest BCUT2D eigenvalue weighted by molar-refractivity contribution is 6.01. The van der Waals surface area contributed by atoms with Crippen molar-refractivity contribution in [2.75, 3.05) is 13.2 Å². The lowest BCUT2D eigenvalue weighted by Gasteiger charge is -2.35. The van der Waals surface area contributed by atoms with Gasteiger partial charge in [0, 0.05) is 35.2 Å². The van der Waals surface area contributed by atoms with Gasteiger partial charge in [0.2, 0.25) is 0 Å². The summed E-state index contributed by atoms with van der Waals surface area (Å²) in [5, 5.41) is 20.4. The summed E-state index contributed by atoms with van der Waals surface area (Å²) in [5.74, 6) is 0.804. The number of fused-ring (bicyclic) bond motifs is 3. The molecule has 42 heavy (non-hydrogen) atoms. The number of carbonyl (C=O) groups is 1. The zero-order chi connectivity index (χ0) is 29.2. The first-order chi connectivity index (χ1) is 20.6. The number of nitriles is 2. The van der Waals surface area contributed by atoms with Gasteiger partial charge in [-0.1, -0.05) is 60.7 Å². The fraction of sp³-hybridized carbons (Fsp3) is 0.306. The van der Waals surface area contributed by atoms with E-state index in [1.807, 2.05) is 80.7 Å². The van der Waals surface area contributed by atoms with Crippen LogP contribution in [0.4, 0.5) is 0 Å². The molecule has 0 bridgehead atoms. The van der Waals surface area contributed by atoms with Crippen LogP contribution in [0.3, 0.4) is 0 Å². The van der Waals surface area contributed by atoms with E-state index in [0.717, 1.165) is 35.1 Å². The summed E-state index contributed by atoms with van der Waals surface area (Å²) in [6, 6.07) is 27.1. The molecule has 3 aromatic rings. The minimum Gasteiger partial charge on any atom is -0.494 e. The maximum absolute atomic E-state index is 14.6. The molecule has 2 fully saturated rings. The third kappa shape index (κ3) is 4.74. The van der Waals surface area contributed by atoms with E-state index in [4.69, 9.17) is 9.47 Å². The van der Waals surface area contributed by atoms with E-state index in [1.165, 1.54) is 0 Å². The number of Topliss-reactive ketones (excluding diaryl/α,β-unsaturated/α-hetero) is 1. The molecule has 3 aliphatic rings. The van der Waals surface area contributed by atoms with Crippen LogP contribution in [0.5, 0.6) is 11.5 Å². The summed E-state index contributed by atoms with van der Waals surface area (Å²) < 4.78 is 12.1. The first-order valence-corrected chi connectivity index (χ1v) is 14.7. The molecule has 1 saturated heterocycles. The second-order valence-corrected chi connectivity index (χ2v) is 11.0. The third-order valence-corrected chi connectivity index (χ3v) is 8.62. The van der Waals surface area contributed by atoms with E-state index in [2.05, 4.69) is 35.2 Å². The van der Waals surface area contributed by atoms with Crippen molar-refractivity contribution in [3.8, 4) is 23.6 Å². The molecule has 0 amide bonds. The van der Waals surface area contributed by atoms with Crippen LogP contribution in [-0.2, 0) is 0 Å². The van der Waals surface area contributed by atoms with E-state index >= 15 is 0 Å². The van der Waals surface area contributed by atoms with Gasteiger partial charge in [-0.3, -0.25) is 4.79 Å². The van der Waals surface area contributed by atoms with Crippen molar-refractivity contribution in [2.45, 2.75) is 44.7 Å². The monoisotopic (exact) mass is 555 g/mol. The molecule has 4 atom stereocenters. The number of rotatable bonds is 9. The number of ketones is 1. The van der Waals surface area contributed by atoms with Gasteiger partial charge in [0.05, 0.1) is 19.3 Å². The highest BCUT2D eigenvalue weighted by atomic mass is 16.5. The van der Waals surface area contributed by atoms with Crippen LogP contribution in [0, 0.1) is 34.5 Å². The van der Waals surface area contributed by atoms with Crippen LogP contribution in [0.25, 0.3) is 6.08 Å². The van der Waals surface area contributed by atoms with E-state index in [1.54, 1.807) is 0 Å². The molecule has 0 N–H and O–H groups in total. The van der Waals surface area contributed by atoms with Crippen LogP contribution in [0.1, 0.15) is 65.7 Å². The van der Waals surface area contributed by atoms with E-state index in [-0.39, 0.29) is 35.2 Å². The number of hydrogen-bond donors (Lipinski definition) is 0. The molecule has 6 nitrogen and oxygen atoms in total. The lowest BCUT2D eigenvalue weighted by Crippen LogP contribution is -2.37. The second kappa shape index (κ2) is 11.6. The van der Waals surface area contributed by atoms with Crippen molar-refractivity contribution >= 4 is 11.9 Å². The molecule has 210 valence electrons. The summed E-state index contributed by atoms with van der Waals surface area (Å²) in [7, 11) is 0. The SMILES string of the molecule is CCOc1ccc([C@H]2[C@@H](C(=C(C#N)C#N)C3CC3)[C@@H]3c4ccccc4C=CN3[C@@H]2C(=O)c2ccccc2)c(OCC)c1. The fourth-order valence-electron chi connectivity index (χ4n) is 6.89. The average Bonchev–Trinajstić information content (AvgIpc) is 3.81. The van der Waals surface area contributed by atoms with Crippen LogP contribution in [0.15, 0.2) is 90.1 Å². The minimum absolute atomic E-state index is 0.000855. The van der Waals surface area contributed by atoms with Gasteiger partial charge in [0.15, 0.2) is 5.78 Å². The Morgan fingerprint density at radius 2 is 1.62 bits per heavy atom. The molecule has 1 aliphatic carbocycles. The van der Waals surface area contributed by atoms with Gasteiger partial charge in [-0.15, -0.1) is 0 Å². The largest absolute Gasteiger partial charge is 0.494 e. The van der Waals surface area contributed by atoms with Crippen LogP contribution in [0.2, 0.25) is 0 Å². The van der Waals surface area contributed by atoms with Crippen molar-refractivity contribution < 1.29 is 14.3 Å². The Morgan fingerprint density at radius 3 is 2.31 bits per heavy atom. The van der Waals surface area contributed by atoms with Crippen molar-refractivity contribution in [3.05, 3.63) is 112 Å². The van der Waals surface area contributed by atoms with Gasteiger partial charge in [-0.25, -0.2) is 0 Å². The number of carbonyl (C=O) groups excluding carboxylic acids is 1. The van der Waals surface area contributed by atoms with Crippen molar-refractivity contribution in [1.29, 1.82) is 10.5 Å². The normalized spacial score (nSPS) is 21.9. The van der Waals surface area contributed by atoms with Crippen molar-refractivity contribution in [1.82, 2.24) is 4.90 Å². The van der Waals surface area contributed by atoms with E-state index < -0.39 is 6.04 Å². The zero-order valence-corrected chi connectivity index (χ0v) is 23.9. The van der Waals surface area contributed by atoms with Crippen LogP contribution < -0.4 is 9.47 Å². The van der Waals surface area contributed by atoms with Gasteiger partial charge in [0.1, 0.15) is 35.3 Å². The molecule has 2 heterocycles. The molecular weight excluding hydrogens is 522 g/mol. The maximum atomic E-state index is 14.6. The first kappa shape index (κ1) is 27.4. The molecule has 2 aliphatic heterocycles. The number of benzene rings is 3. The van der Waals surface area contributed by atoms with Crippen LogP contribution >= 0.6 is 0 Å². The van der Waals surface area contributed by atoms with Gasteiger partial charge >= 0.3 is 0 Å². The van der Waals surface area contributed by atoms with Crippen LogP contribution in [-0.4, -0.2) is 29.9 Å². The Labute approximate surface area is 247 Å². The molecule has 6 rings (SSSR count). The maximum Gasteiger partial charge on any atom is 0.185 e. The predicted molar refractivity (Wildman–Crippen MR) is 161 cm³/mol. The third-order valence-electron chi connectivity index (χ3n) is 8.62. The Hall–Kier alpha value is -4.81. The lowest BCUT2D eigenvalue weighted by atomic mass is 9.71. The summed E-state index contributed by atoms with van der Waals surface area (Å²) in [5.41, 5.74) is 4.71. The second-order valence-electron chi connectivity index (χ2n) is 11.0. The zero-order valence-electron chi connectivity index (χ0n) is 23.9. The Balaban J connectivity index is 1.65. The molecule has 0 spiro atoms. The molecule has 0 unspecified atom stereocenters. The lowest BCUT2D eigenvalue weighted by molar-refractivity contribution is 0.0874. The number of nitrogens with zero attached hydrogens (tertiary/aromatic N) is 3. The molecule has 0 radical (unpaired) electrons. The highest BCUT2D eigenvalue weighted by Crippen LogP contribution is 2.60. The minimum atomic E-state index is -0.587. The standard InChI is InChI=1S/C36H33N3O3/c1-3-41-27-16-17-29(30(20-27)42-4-2)32-33(31(24-14-15-24)26(21-37)22-38)34-28-13-9-8-10-23(28)18-19-39(34)35(32)36(40)25-11-6-5-7-12-25/h5-13,16-20,24,32-35H,3-4,14-15H2,1-2H3/t32-,33+,34-,35-/m0/s1. The summed E-state index contributed by atoms with van der Waals surface area (Å²) in [6.07, 6.45) is 5.95. The van der Waals surface area contributed by atoms with E-state index in [9.17, 15) is 15.3 Å². The molecular formula is C36H33N3O3. The Morgan fingerprint density at radius 1 is 0.905 bits per heavy atom. The summed E-state index contributed by atoms with van der Waals surface area (Å²) in [4.78, 5) is 16.8. The van der Waals surface area contributed by atoms with E-state index in [0.29, 0.717) is 30.3 Å².